The molecule has 3 unspecified atom stereocenters. The molecule has 3 atom stereocenters. The maximum Gasteiger partial charge on any atom is 0.0950 e. The number of pyridine rings is 1. The smallest absolute Gasteiger partial charge is 0.0950 e. The Morgan fingerprint density at radius 1 is 1.27 bits per heavy atom. The summed E-state index contributed by atoms with van der Waals surface area (Å²) in [4.78, 5) is 4.35. The van der Waals surface area contributed by atoms with E-state index in [9.17, 15) is 5.11 Å². The minimum Gasteiger partial charge on any atom is -0.387 e. The largest absolute Gasteiger partial charge is 0.387 e. The zero-order valence-corrected chi connectivity index (χ0v) is 13.5. The van der Waals surface area contributed by atoms with Gasteiger partial charge in [-0.2, -0.15) is 0 Å². The molecule has 2 heterocycles. The average Bonchev–Trinajstić information content (AvgIpc) is 2.62. The van der Waals surface area contributed by atoms with E-state index in [2.05, 4.69) is 16.9 Å². The van der Waals surface area contributed by atoms with Crippen molar-refractivity contribution in [3.63, 3.8) is 0 Å². The minimum atomic E-state index is -0.492. The highest BCUT2D eigenvalue weighted by Gasteiger charge is 2.26. The van der Waals surface area contributed by atoms with Crippen molar-refractivity contribution in [3.8, 4) is 0 Å². The van der Waals surface area contributed by atoms with Crippen LogP contribution in [0.5, 0.6) is 0 Å². The Kier molecular flexibility index (Phi) is 6.10. The third-order valence-electron chi connectivity index (χ3n) is 4.21. The minimum absolute atomic E-state index is 0.108. The normalized spacial score (nSPS) is 22.5. The van der Waals surface area contributed by atoms with Crippen molar-refractivity contribution in [1.82, 2.24) is 10.3 Å². The first-order valence-electron chi connectivity index (χ1n) is 8.17. The maximum atomic E-state index is 10.7. The second-order valence-electron chi connectivity index (χ2n) is 5.45. The van der Waals surface area contributed by atoms with E-state index in [0.29, 0.717) is 5.92 Å². The number of aromatic nitrogens is 1. The van der Waals surface area contributed by atoms with Crippen LogP contribution in [0.3, 0.4) is 0 Å². The molecule has 3 heteroatoms. The quantitative estimate of drug-likeness (QED) is 0.846. The zero-order valence-electron chi connectivity index (χ0n) is 13.5. The number of aliphatic hydroxyl groups excluding tert-OH is 1. The van der Waals surface area contributed by atoms with Crippen LogP contribution in [0.1, 0.15) is 38.4 Å². The highest BCUT2D eigenvalue weighted by atomic mass is 16.3. The number of aliphatic hydroxyl groups is 1. The summed E-state index contributed by atoms with van der Waals surface area (Å²) in [7, 11) is 0. The Bertz CT molecular complexity index is 598. The molecule has 0 spiro atoms. The molecule has 1 aromatic heterocycles. The van der Waals surface area contributed by atoms with Crippen molar-refractivity contribution in [3.05, 3.63) is 54.7 Å². The molecule has 2 aromatic rings. The summed E-state index contributed by atoms with van der Waals surface area (Å²) in [5.41, 5.74) is 1.90. The molecule has 0 radical (unpaired) electrons. The predicted molar refractivity (Wildman–Crippen MR) is 92.8 cm³/mol. The Morgan fingerprint density at radius 3 is 2.73 bits per heavy atom. The molecule has 1 aliphatic heterocycles. The number of hydrogen-bond acceptors (Lipinski definition) is 3. The molecule has 0 aliphatic carbocycles. The van der Waals surface area contributed by atoms with E-state index in [1.54, 1.807) is 6.20 Å². The summed E-state index contributed by atoms with van der Waals surface area (Å²) in [5.74, 6) is 0.521. The number of rotatable bonds is 3. The number of nitrogens with zero attached hydrogens (tertiary/aromatic N) is 1. The molecule has 1 saturated heterocycles. The molecule has 3 rings (SSSR count). The maximum absolute atomic E-state index is 10.7. The van der Waals surface area contributed by atoms with Crippen molar-refractivity contribution < 1.29 is 5.11 Å². The Labute approximate surface area is 133 Å². The monoisotopic (exact) mass is 298 g/mol. The number of fused-ring (bicyclic) bond motifs is 1. The van der Waals surface area contributed by atoms with Gasteiger partial charge in [0, 0.05) is 24.2 Å². The molecule has 1 fully saturated rings. The van der Waals surface area contributed by atoms with Gasteiger partial charge in [-0.15, -0.1) is 6.58 Å². The highest BCUT2D eigenvalue weighted by Crippen LogP contribution is 2.29. The van der Waals surface area contributed by atoms with Gasteiger partial charge in [0.05, 0.1) is 11.6 Å². The first-order chi connectivity index (χ1) is 10.8. The molecule has 118 valence electrons. The van der Waals surface area contributed by atoms with Crippen molar-refractivity contribution in [2.45, 2.75) is 38.8 Å². The van der Waals surface area contributed by atoms with Gasteiger partial charge < -0.3 is 10.4 Å². The van der Waals surface area contributed by atoms with Crippen LogP contribution in [0.25, 0.3) is 10.9 Å². The van der Waals surface area contributed by atoms with Gasteiger partial charge in [0.1, 0.15) is 0 Å². The van der Waals surface area contributed by atoms with E-state index in [1.165, 1.54) is 0 Å². The lowest BCUT2D eigenvalue weighted by molar-refractivity contribution is 0.109. The first-order valence-corrected chi connectivity index (χ1v) is 8.17. The lowest BCUT2D eigenvalue weighted by Crippen LogP contribution is -2.42. The molecule has 0 bridgehead atoms. The van der Waals surface area contributed by atoms with Crippen LogP contribution in [0.2, 0.25) is 0 Å². The zero-order chi connectivity index (χ0) is 15.9. The van der Waals surface area contributed by atoms with E-state index < -0.39 is 6.10 Å². The predicted octanol–water partition coefficient (Wildman–Crippen LogP) is 3.85. The molecule has 0 saturated carbocycles. The number of hydrogen-bond donors (Lipinski definition) is 2. The summed E-state index contributed by atoms with van der Waals surface area (Å²) >= 11 is 0. The Hall–Kier alpha value is -1.71. The molecular weight excluding hydrogens is 272 g/mol. The first kappa shape index (κ1) is 16.7. The highest BCUT2D eigenvalue weighted by molar-refractivity contribution is 5.82. The van der Waals surface area contributed by atoms with E-state index in [1.807, 2.05) is 50.3 Å². The molecule has 22 heavy (non-hydrogen) atoms. The van der Waals surface area contributed by atoms with Crippen LogP contribution in [-0.2, 0) is 0 Å². The summed E-state index contributed by atoms with van der Waals surface area (Å²) in [6, 6.07) is 10.00. The molecule has 3 nitrogen and oxygen atoms in total. The van der Waals surface area contributed by atoms with E-state index in [-0.39, 0.29) is 6.04 Å². The van der Waals surface area contributed by atoms with Crippen molar-refractivity contribution in [1.29, 1.82) is 0 Å². The Balaban J connectivity index is 0.000000847. The van der Waals surface area contributed by atoms with Gasteiger partial charge in [-0.25, -0.2) is 0 Å². The molecule has 2 N–H and O–H groups in total. The SMILES string of the molecule is C=CC1CCC(C(O)c2ccnc3ccccc23)NC1.CC. The van der Waals surface area contributed by atoms with Crippen LogP contribution in [0.4, 0.5) is 0 Å². The van der Waals surface area contributed by atoms with Crippen LogP contribution in [0.15, 0.2) is 49.2 Å². The second-order valence-corrected chi connectivity index (χ2v) is 5.45. The van der Waals surface area contributed by atoms with Gasteiger partial charge in [-0.1, -0.05) is 38.1 Å². The van der Waals surface area contributed by atoms with Crippen LogP contribution >= 0.6 is 0 Å². The number of piperidine rings is 1. The summed E-state index contributed by atoms with van der Waals surface area (Å²) in [6.45, 7) is 8.74. The second kappa shape index (κ2) is 8.06. The van der Waals surface area contributed by atoms with Crippen LogP contribution < -0.4 is 5.32 Å². The van der Waals surface area contributed by atoms with Crippen molar-refractivity contribution in [2.75, 3.05) is 6.54 Å². The molecule has 1 aliphatic rings. The van der Waals surface area contributed by atoms with Crippen molar-refractivity contribution in [2.24, 2.45) is 5.92 Å². The lowest BCUT2D eigenvalue weighted by atomic mass is 9.89. The number of benzene rings is 1. The van der Waals surface area contributed by atoms with Gasteiger partial charge in [-0.05, 0) is 36.5 Å². The number of nitrogens with one attached hydrogen (secondary N) is 1. The fraction of sp³-hybridized carbons (Fsp3) is 0.421. The van der Waals surface area contributed by atoms with E-state index in [4.69, 9.17) is 0 Å². The third kappa shape index (κ3) is 3.54. The third-order valence-corrected chi connectivity index (χ3v) is 4.21. The lowest BCUT2D eigenvalue weighted by Gasteiger charge is -2.32. The summed E-state index contributed by atoms with van der Waals surface area (Å²) in [6.07, 6.45) is 5.33. The Morgan fingerprint density at radius 2 is 2.05 bits per heavy atom. The standard InChI is InChI=1S/C17H20N2O.C2H6/c1-2-12-7-8-16(19-11-12)17(20)14-9-10-18-15-6-4-3-5-13(14)15;1-2/h2-6,9-10,12,16-17,19-20H,1,7-8,11H2;1-2H3. The van der Waals surface area contributed by atoms with Crippen molar-refractivity contribution >= 4 is 10.9 Å². The topological polar surface area (TPSA) is 45.2 Å². The summed E-state index contributed by atoms with van der Waals surface area (Å²) < 4.78 is 0. The van der Waals surface area contributed by atoms with E-state index >= 15 is 0 Å². The van der Waals surface area contributed by atoms with Gasteiger partial charge in [0.15, 0.2) is 0 Å². The molecule has 1 aromatic carbocycles. The van der Waals surface area contributed by atoms with E-state index in [0.717, 1.165) is 35.9 Å². The average molecular weight is 298 g/mol. The van der Waals surface area contributed by atoms with Gasteiger partial charge in [0.2, 0.25) is 0 Å². The summed E-state index contributed by atoms with van der Waals surface area (Å²) in [5, 5.41) is 15.2. The van der Waals surface area contributed by atoms with Gasteiger partial charge in [-0.3, -0.25) is 4.98 Å². The van der Waals surface area contributed by atoms with Crippen LogP contribution in [-0.4, -0.2) is 22.7 Å². The molecule has 0 amide bonds. The van der Waals surface area contributed by atoms with Gasteiger partial charge in [0.25, 0.3) is 0 Å². The fourth-order valence-electron chi connectivity index (χ4n) is 2.96. The fourth-order valence-corrected chi connectivity index (χ4v) is 2.96. The number of para-hydroxylation sites is 1. The molecular formula is C19H26N2O. The van der Waals surface area contributed by atoms with Gasteiger partial charge >= 0.3 is 0 Å². The van der Waals surface area contributed by atoms with Crippen LogP contribution in [0, 0.1) is 5.92 Å².